The summed E-state index contributed by atoms with van der Waals surface area (Å²) in [5, 5.41) is 8.44. The first-order chi connectivity index (χ1) is 12.0. The van der Waals surface area contributed by atoms with Crippen molar-refractivity contribution in [2.24, 2.45) is 0 Å². The van der Waals surface area contributed by atoms with Crippen LogP contribution in [0.15, 0.2) is 41.9 Å². The van der Waals surface area contributed by atoms with Crippen molar-refractivity contribution in [3.05, 3.63) is 63.9 Å². The van der Waals surface area contributed by atoms with Gasteiger partial charge in [0.25, 0.3) is 5.91 Å². The van der Waals surface area contributed by atoms with Crippen LogP contribution < -0.4 is 5.32 Å². The molecule has 2 heterocycles. The first-order valence-electron chi connectivity index (χ1n) is 7.29. The number of hydrogen-bond donors (Lipinski definition) is 1. The fraction of sp³-hybridized carbons (Fsp3) is 0.118. The second kappa shape index (κ2) is 6.86. The zero-order valence-corrected chi connectivity index (χ0v) is 14.3. The minimum Gasteiger partial charge on any atom is -0.465 e. The van der Waals surface area contributed by atoms with Crippen LogP contribution in [0.1, 0.15) is 25.7 Å². The molecule has 1 amide bonds. The number of carbonyl (C=O) groups excluding carboxylic acids is 2. The Balaban J connectivity index is 1.89. The molecule has 2 aromatic heterocycles. The van der Waals surface area contributed by atoms with Gasteiger partial charge in [-0.1, -0.05) is 12.1 Å². The smallest absolute Gasteiger partial charge is 0.350 e. The molecule has 0 atom stereocenters. The molecule has 128 valence electrons. The van der Waals surface area contributed by atoms with E-state index in [2.05, 4.69) is 15.2 Å². The lowest BCUT2D eigenvalue weighted by Crippen LogP contribution is -2.15. The quantitative estimate of drug-likeness (QED) is 0.725. The van der Waals surface area contributed by atoms with E-state index >= 15 is 0 Å². The van der Waals surface area contributed by atoms with Gasteiger partial charge >= 0.3 is 5.97 Å². The molecule has 3 aromatic rings. The van der Waals surface area contributed by atoms with Crippen LogP contribution in [-0.4, -0.2) is 28.8 Å². The van der Waals surface area contributed by atoms with E-state index in [1.807, 2.05) is 0 Å². The summed E-state index contributed by atoms with van der Waals surface area (Å²) in [6.45, 7) is 1.67. The van der Waals surface area contributed by atoms with Crippen molar-refractivity contribution >= 4 is 28.9 Å². The molecule has 25 heavy (non-hydrogen) atoms. The van der Waals surface area contributed by atoms with Gasteiger partial charge in [0.15, 0.2) is 0 Å². The summed E-state index contributed by atoms with van der Waals surface area (Å²) in [6, 6.07) is 7.78. The lowest BCUT2D eigenvalue weighted by Gasteiger charge is -2.07. The average molecular weight is 359 g/mol. The molecule has 0 unspecified atom stereocenters. The Labute approximate surface area is 146 Å². The number of rotatable bonds is 4. The molecule has 0 aliphatic carbocycles. The molecule has 8 heteroatoms. The standard InChI is InChI=1S/C17H14FN3O3S/c1-10-11(9-19-21(10)14-6-4-3-5-12(14)18)16(22)20-13-7-8-25-15(13)17(23)24-2/h3-9H,1-2H3,(H,20,22). The van der Waals surface area contributed by atoms with E-state index in [1.165, 1.54) is 35.4 Å². The van der Waals surface area contributed by atoms with Gasteiger partial charge in [0.05, 0.1) is 30.3 Å². The second-order valence-corrected chi connectivity index (χ2v) is 6.03. The molecule has 0 fully saturated rings. The molecule has 0 radical (unpaired) electrons. The first kappa shape index (κ1) is 16.8. The van der Waals surface area contributed by atoms with Crippen molar-refractivity contribution in [3.63, 3.8) is 0 Å². The lowest BCUT2D eigenvalue weighted by atomic mass is 10.2. The fourth-order valence-corrected chi connectivity index (χ4v) is 3.11. The Morgan fingerprint density at radius 1 is 1.28 bits per heavy atom. The van der Waals surface area contributed by atoms with Gasteiger partial charge in [0.2, 0.25) is 0 Å². The molecular weight excluding hydrogens is 345 g/mol. The maximum atomic E-state index is 13.9. The topological polar surface area (TPSA) is 73.2 Å². The van der Waals surface area contributed by atoms with Gasteiger partial charge in [-0.05, 0) is 30.5 Å². The summed E-state index contributed by atoms with van der Waals surface area (Å²) in [7, 11) is 1.27. The number of esters is 1. The molecule has 0 aliphatic heterocycles. The number of amides is 1. The van der Waals surface area contributed by atoms with Crippen LogP contribution in [0.3, 0.4) is 0 Å². The zero-order valence-electron chi connectivity index (χ0n) is 13.4. The van der Waals surface area contributed by atoms with Crippen LogP contribution in [0.25, 0.3) is 5.69 Å². The molecular formula is C17H14FN3O3S. The highest BCUT2D eigenvalue weighted by molar-refractivity contribution is 7.12. The van der Waals surface area contributed by atoms with E-state index in [4.69, 9.17) is 0 Å². The molecule has 6 nitrogen and oxygen atoms in total. The monoisotopic (exact) mass is 359 g/mol. The Morgan fingerprint density at radius 2 is 2.04 bits per heavy atom. The molecule has 1 aromatic carbocycles. The Bertz CT molecular complexity index is 948. The van der Waals surface area contributed by atoms with Crippen molar-refractivity contribution in [2.75, 3.05) is 12.4 Å². The summed E-state index contributed by atoms with van der Waals surface area (Å²) < 4.78 is 20.0. The third kappa shape index (κ3) is 3.16. The van der Waals surface area contributed by atoms with Crippen molar-refractivity contribution < 1.29 is 18.7 Å². The van der Waals surface area contributed by atoms with E-state index in [0.717, 1.165) is 0 Å². The molecule has 0 saturated heterocycles. The molecule has 0 saturated carbocycles. The van der Waals surface area contributed by atoms with Crippen LogP contribution >= 0.6 is 11.3 Å². The van der Waals surface area contributed by atoms with Crippen LogP contribution in [0.4, 0.5) is 10.1 Å². The van der Waals surface area contributed by atoms with Gasteiger partial charge in [-0.25, -0.2) is 13.9 Å². The van der Waals surface area contributed by atoms with Crippen molar-refractivity contribution in [3.8, 4) is 5.69 Å². The van der Waals surface area contributed by atoms with E-state index < -0.39 is 17.7 Å². The SMILES string of the molecule is COC(=O)c1sccc1NC(=O)c1cnn(-c2ccccc2F)c1C. The Morgan fingerprint density at radius 3 is 2.76 bits per heavy atom. The van der Waals surface area contributed by atoms with Gasteiger partial charge in [0.1, 0.15) is 16.4 Å². The number of aromatic nitrogens is 2. The Kier molecular flexibility index (Phi) is 4.62. The van der Waals surface area contributed by atoms with Gasteiger partial charge in [-0.15, -0.1) is 11.3 Å². The maximum Gasteiger partial charge on any atom is 0.350 e. The number of ether oxygens (including phenoxy) is 1. The zero-order chi connectivity index (χ0) is 18.0. The van der Waals surface area contributed by atoms with Crippen molar-refractivity contribution in [2.45, 2.75) is 6.92 Å². The molecule has 0 bridgehead atoms. The predicted octanol–water partition coefficient (Wildman–Crippen LogP) is 3.42. The van der Waals surface area contributed by atoms with E-state index in [1.54, 1.807) is 36.6 Å². The fourth-order valence-electron chi connectivity index (χ4n) is 2.35. The lowest BCUT2D eigenvalue weighted by molar-refractivity contribution is 0.0607. The first-order valence-corrected chi connectivity index (χ1v) is 8.17. The summed E-state index contributed by atoms with van der Waals surface area (Å²) in [6.07, 6.45) is 1.36. The number of halogens is 1. The van der Waals surface area contributed by atoms with Crippen LogP contribution in [0.2, 0.25) is 0 Å². The van der Waals surface area contributed by atoms with Crippen LogP contribution in [0, 0.1) is 12.7 Å². The number of nitrogens with one attached hydrogen (secondary N) is 1. The maximum absolute atomic E-state index is 13.9. The third-order valence-electron chi connectivity index (χ3n) is 3.62. The van der Waals surface area contributed by atoms with E-state index in [0.29, 0.717) is 16.3 Å². The normalized spacial score (nSPS) is 10.5. The third-order valence-corrected chi connectivity index (χ3v) is 4.51. The van der Waals surface area contributed by atoms with E-state index in [-0.39, 0.29) is 11.3 Å². The minimum atomic E-state index is -0.524. The highest BCUT2D eigenvalue weighted by Crippen LogP contribution is 2.24. The average Bonchev–Trinajstić information content (AvgIpc) is 3.21. The summed E-state index contributed by atoms with van der Waals surface area (Å²) in [5.41, 5.74) is 1.38. The summed E-state index contributed by atoms with van der Waals surface area (Å²) >= 11 is 1.17. The van der Waals surface area contributed by atoms with Crippen molar-refractivity contribution in [1.82, 2.24) is 9.78 Å². The number of methoxy groups -OCH3 is 1. The molecule has 3 rings (SSSR count). The Hall–Kier alpha value is -3.00. The second-order valence-electron chi connectivity index (χ2n) is 5.12. The molecule has 0 aliphatic rings. The summed E-state index contributed by atoms with van der Waals surface area (Å²) in [5.74, 6) is -1.40. The van der Waals surface area contributed by atoms with Crippen LogP contribution in [0.5, 0.6) is 0 Å². The highest BCUT2D eigenvalue weighted by Gasteiger charge is 2.20. The van der Waals surface area contributed by atoms with Gasteiger partial charge in [-0.3, -0.25) is 4.79 Å². The molecule has 0 spiro atoms. The van der Waals surface area contributed by atoms with Gasteiger partial charge in [-0.2, -0.15) is 5.10 Å². The highest BCUT2D eigenvalue weighted by atomic mass is 32.1. The van der Waals surface area contributed by atoms with Crippen molar-refractivity contribution in [1.29, 1.82) is 0 Å². The number of para-hydroxylation sites is 1. The van der Waals surface area contributed by atoms with Gasteiger partial charge < -0.3 is 10.1 Å². The molecule has 1 N–H and O–H groups in total. The number of thiophene rings is 1. The number of anilines is 1. The number of hydrogen-bond acceptors (Lipinski definition) is 5. The van der Waals surface area contributed by atoms with Crippen LogP contribution in [-0.2, 0) is 4.74 Å². The number of benzene rings is 1. The number of carbonyl (C=O) groups is 2. The van der Waals surface area contributed by atoms with Gasteiger partial charge in [0, 0.05) is 0 Å². The minimum absolute atomic E-state index is 0.254. The predicted molar refractivity (Wildman–Crippen MR) is 91.9 cm³/mol. The summed E-state index contributed by atoms with van der Waals surface area (Å²) in [4.78, 5) is 24.5. The van der Waals surface area contributed by atoms with E-state index in [9.17, 15) is 14.0 Å². The largest absolute Gasteiger partial charge is 0.465 e. The number of nitrogens with zero attached hydrogens (tertiary/aromatic N) is 2.